The Kier molecular flexibility index (Phi) is 10.6. The fourth-order valence-electron chi connectivity index (χ4n) is 3.39. The highest BCUT2D eigenvalue weighted by Gasteiger charge is 2.44. The molecule has 10 nitrogen and oxygen atoms in total. The molecule has 0 spiro atoms. The second-order valence-corrected chi connectivity index (χ2v) is 7.67. The number of aliphatic hydroxyl groups excluding tert-OH is 1. The quantitative estimate of drug-likeness (QED) is 0.257. The summed E-state index contributed by atoms with van der Waals surface area (Å²) in [5.74, 6) is -3.85. The molecule has 184 valence electrons. The van der Waals surface area contributed by atoms with Crippen molar-refractivity contribution in [3.05, 3.63) is 48.0 Å². The van der Waals surface area contributed by atoms with E-state index in [4.69, 9.17) is 19.3 Å². The summed E-state index contributed by atoms with van der Waals surface area (Å²) in [4.78, 5) is 62.8. The zero-order chi connectivity index (χ0) is 25.1. The number of nitrogens with zero attached hydrogens (tertiary/aromatic N) is 1. The molecule has 1 aromatic rings. The lowest BCUT2D eigenvalue weighted by Gasteiger charge is -2.26. The lowest BCUT2D eigenvalue weighted by Crippen LogP contribution is -2.45. The Morgan fingerprint density at radius 3 is 2.53 bits per heavy atom. The van der Waals surface area contributed by atoms with E-state index < -0.39 is 41.8 Å². The van der Waals surface area contributed by atoms with Crippen LogP contribution in [-0.2, 0) is 33.4 Å². The summed E-state index contributed by atoms with van der Waals surface area (Å²) in [7, 11) is 0. The Labute approximate surface area is 197 Å². The third-order valence-corrected chi connectivity index (χ3v) is 5.09. The standard InChI is InChI=1S/C24H29NO9/c1-16(23(30)25-20(15-33-24(25)31)18-7-4-3-5-8-18)22(34-17(2)27)21(29)11-10-19(28)9-6-13-32-14-12-26/h3-5,7-8,10-11,16,20,22,26H,6,9,12-15H2,1-2H3/t16-,20+,22-/m1/s1. The number of benzene rings is 1. The number of amides is 2. The maximum absolute atomic E-state index is 13.2. The van der Waals surface area contributed by atoms with Crippen molar-refractivity contribution in [2.24, 2.45) is 5.92 Å². The number of hydrogen-bond acceptors (Lipinski definition) is 9. The van der Waals surface area contributed by atoms with E-state index in [1.54, 1.807) is 30.3 Å². The van der Waals surface area contributed by atoms with Crippen LogP contribution < -0.4 is 0 Å². The predicted molar refractivity (Wildman–Crippen MR) is 118 cm³/mol. The fraction of sp³-hybridized carbons (Fsp3) is 0.458. The van der Waals surface area contributed by atoms with Gasteiger partial charge in [-0.05, 0) is 31.1 Å². The van der Waals surface area contributed by atoms with Crippen molar-refractivity contribution in [2.45, 2.75) is 38.8 Å². The molecule has 0 radical (unpaired) electrons. The molecule has 2 rings (SSSR count). The molecule has 1 N–H and O–H groups in total. The van der Waals surface area contributed by atoms with Crippen molar-refractivity contribution in [3.63, 3.8) is 0 Å². The highest BCUT2D eigenvalue weighted by Crippen LogP contribution is 2.30. The van der Waals surface area contributed by atoms with Crippen molar-refractivity contribution < 1.29 is 43.3 Å². The number of ketones is 2. The molecule has 1 fully saturated rings. The average Bonchev–Trinajstić information content (AvgIpc) is 3.21. The molecular weight excluding hydrogens is 446 g/mol. The molecular formula is C24H29NO9. The van der Waals surface area contributed by atoms with Crippen LogP contribution in [0.15, 0.2) is 42.5 Å². The number of carbonyl (C=O) groups is 5. The van der Waals surface area contributed by atoms with Crippen LogP contribution >= 0.6 is 0 Å². The van der Waals surface area contributed by atoms with Crippen molar-refractivity contribution in [1.29, 1.82) is 0 Å². The SMILES string of the molecule is CC(=O)O[C@@H](C(=O)C=CC(=O)CCCOCCO)[C@@H](C)C(=O)N1C(=O)OC[C@H]1c1ccccc1. The summed E-state index contributed by atoms with van der Waals surface area (Å²) in [6.45, 7) is 2.77. The number of carbonyl (C=O) groups excluding carboxylic acids is 5. The van der Waals surface area contributed by atoms with Gasteiger partial charge in [-0.1, -0.05) is 30.3 Å². The van der Waals surface area contributed by atoms with Crippen LogP contribution in [0.4, 0.5) is 4.79 Å². The van der Waals surface area contributed by atoms with Gasteiger partial charge in [0.15, 0.2) is 17.7 Å². The van der Waals surface area contributed by atoms with Crippen LogP contribution in [0.2, 0.25) is 0 Å². The van der Waals surface area contributed by atoms with E-state index in [0.717, 1.165) is 24.0 Å². The molecule has 0 aliphatic carbocycles. The summed E-state index contributed by atoms with van der Waals surface area (Å²) in [6, 6.07) is 8.12. The maximum atomic E-state index is 13.2. The highest BCUT2D eigenvalue weighted by atomic mass is 16.6. The largest absolute Gasteiger partial charge is 0.453 e. The summed E-state index contributed by atoms with van der Waals surface area (Å²) in [6.07, 6.45) is 0.155. The van der Waals surface area contributed by atoms with Crippen LogP contribution in [0.1, 0.15) is 38.3 Å². The van der Waals surface area contributed by atoms with Gasteiger partial charge in [-0.15, -0.1) is 0 Å². The average molecular weight is 475 g/mol. The smallest absolute Gasteiger partial charge is 0.417 e. The van der Waals surface area contributed by atoms with E-state index in [9.17, 15) is 24.0 Å². The Bertz CT molecular complexity index is 912. The number of ether oxygens (including phenoxy) is 3. The Hall–Kier alpha value is -3.37. The molecule has 0 saturated carbocycles. The fourth-order valence-corrected chi connectivity index (χ4v) is 3.39. The summed E-state index contributed by atoms with van der Waals surface area (Å²) in [5, 5.41) is 8.65. The number of esters is 1. The molecule has 0 unspecified atom stereocenters. The minimum Gasteiger partial charge on any atom is -0.453 e. The first kappa shape index (κ1) is 26.9. The van der Waals surface area contributed by atoms with Gasteiger partial charge in [0.1, 0.15) is 12.6 Å². The van der Waals surface area contributed by atoms with E-state index in [1.807, 2.05) is 0 Å². The topological polar surface area (TPSA) is 137 Å². The first-order chi connectivity index (χ1) is 16.3. The van der Waals surface area contributed by atoms with Gasteiger partial charge in [0.2, 0.25) is 5.91 Å². The maximum Gasteiger partial charge on any atom is 0.417 e. The second-order valence-electron chi connectivity index (χ2n) is 7.67. The molecule has 1 heterocycles. The van der Waals surface area contributed by atoms with Gasteiger partial charge in [-0.3, -0.25) is 19.2 Å². The van der Waals surface area contributed by atoms with E-state index in [-0.39, 0.29) is 38.6 Å². The normalized spacial score (nSPS) is 17.3. The first-order valence-corrected chi connectivity index (χ1v) is 10.9. The van der Waals surface area contributed by atoms with Gasteiger partial charge >= 0.3 is 12.1 Å². The van der Waals surface area contributed by atoms with Gasteiger partial charge in [0, 0.05) is 20.0 Å². The number of allylic oxidation sites excluding steroid dienone is 1. The third-order valence-electron chi connectivity index (χ3n) is 5.09. The van der Waals surface area contributed by atoms with E-state index in [1.165, 1.54) is 6.92 Å². The number of cyclic esters (lactones) is 1. The molecule has 2 amide bonds. The van der Waals surface area contributed by atoms with Crippen molar-refractivity contribution in [1.82, 2.24) is 4.90 Å². The Morgan fingerprint density at radius 2 is 1.88 bits per heavy atom. The Morgan fingerprint density at radius 1 is 1.18 bits per heavy atom. The van der Waals surface area contributed by atoms with Crippen LogP contribution in [-0.4, -0.2) is 72.1 Å². The lowest BCUT2D eigenvalue weighted by atomic mass is 9.97. The molecule has 3 atom stereocenters. The van der Waals surface area contributed by atoms with Gasteiger partial charge in [-0.25, -0.2) is 9.69 Å². The van der Waals surface area contributed by atoms with Crippen molar-refractivity contribution >= 4 is 29.5 Å². The minimum absolute atomic E-state index is 0.0378. The molecule has 1 aliphatic heterocycles. The monoisotopic (exact) mass is 475 g/mol. The first-order valence-electron chi connectivity index (χ1n) is 10.9. The van der Waals surface area contributed by atoms with Crippen molar-refractivity contribution in [2.75, 3.05) is 26.4 Å². The summed E-state index contributed by atoms with van der Waals surface area (Å²) in [5.41, 5.74) is 0.678. The minimum atomic E-state index is -1.52. The van der Waals surface area contributed by atoms with Crippen LogP contribution in [0.5, 0.6) is 0 Å². The third kappa shape index (κ3) is 7.60. The molecule has 0 bridgehead atoms. The van der Waals surface area contributed by atoms with E-state index in [2.05, 4.69) is 0 Å². The zero-order valence-electron chi connectivity index (χ0n) is 19.2. The molecule has 10 heteroatoms. The highest BCUT2D eigenvalue weighted by molar-refractivity contribution is 6.04. The predicted octanol–water partition coefficient (Wildman–Crippen LogP) is 1.76. The molecule has 34 heavy (non-hydrogen) atoms. The van der Waals surface area contributed by atoms with E-state index >= 15 is 0 Å². The Balaban J connectivity index is 2.10. The number of hydrogen-bond donors (Lipinski definition) is 1. The summed E-state index contributed by atoms with van der Waals surface area (Å²) >= 11 is 0. The lowest BCUT2D eigenvalue weighted by molar-refractivity contribution is -0.158. The van der Waals surface area contributed by atoms with Gasteiger partial charge in [-0.2, -0.15) is 0 Å². The van der Waals surface area contributed by atoms with Crippen molar-refractivity contribution in [3.8, 4) is 0 Å². The van der Waals surface area contributed by atoms with Crippen LogP contribution in [0.3, 0.4) is 0 Å². The van der Waals surface area contributed by atoms with Crippen LogP contribution in [0, 0.1) is 5.92 Å². The molecule has 1 aromatic carbocycles. The number of aliphatic hydroxyl groups is 1. The second kappa shape index (κ2) is 13.4. The van der Waals surface area contributed by atoms with Gasteiger partial charge in [0.25, 0.3) is 0 Å². The van der Waals surface area contributed by atoms with Gasteiger partial charge < -0.3 is 19.3 Å². The van der Waals surface area contributed by atoms with Crippen LogP contribution in [0.25, 0.3) is 0 Å². The number of imide groups is 1. The van der Waals surface area contributed by atoms with E-state index in [0.29, 0.717) is 12.0 Å². The molecule has 1 aliphatic rings. The molecule has 1 saturated heterocycles. The molecule has 0 aromatic heterocycles. The van der Waals surface area contributed by atoms with Gasteiger partial charge in [0.05, 0.1) is 19.1 Å². The summed E-state index contributed by atoms with van der Waals surface area (Å²) < 4.78 is 15.2. The zero-order valence-corrected chi connectivity index (χ0v) is 19.2. The number of rotatable bonds is 13.